The number of aromatic nitrogens is 1. The zero-order valence-corrected chi connectivity index (χ0v) is 14.7. The van der Waals surface area contributed by atoms with Gasteiger partial charge in [0.1, 0.15) is 11.6 Å². The van der Waals surface area contributed by atoms with E-state index in [1.165, 1.54) is 6.07 Å². The average Bonchev–Trinajstić information content (AvgIpc) is 2.70. The van der Waals surface area contributed by atoms with Crippen molar-refractivity contribution in [2.75, 3.05) is 31.2 Å². The van der Waals surface area contributed by atoms with Crippen LogP contribution >= 0.6 is 0 Å². The summed E-state index contributed by atoms with van der Waals surface area (Å²) < 4.78 is 47.2. The van der Waals surface area contributed by atoms with Crippen molar-refractivity contribution in [2.24, 2.45) is 5.73 Å². The number of fused-ring (bicyclic) bond motifs is 1. The van der Waals surface area contributed by atoms with Gasteiger partial charge >= 0.3 is 0 Å². The van der Waals surface area contributed by atoms with Gasteiger partial charge in [0.2, 0.25) is 0 Å². The van der Waals surface area contributed by atoms with Crippen LogP contribution in [-0.2, 0) is 4.74 Å². The summed E-state index contributed by atoms with van der Waals surface area (Å²) >= 11 is 0. The highest BCUT2D eigenvalue weighted by atomic mass is 19.2. The maximum atomic E-state index is 14.4. The molecule has 0 unspecified atom stereocenters. The van der Waals surface area contributed by atoms with E-state index in [9.17, 15) is 18.0 Å². The van der Waals surface area contributed by atoms with E-state index in [2.05, 4.69) is 4.98 Å². The first-order chi connectivity index (χ1) is 13.5. The minimum absolute atomic E-state index is 0.220. The minimum atomic E-state index is -1.28. The molecule has 5 nitrogen and oxygen atoms in total. The van der Waals surface area contributed by atoms with Crippen LogP contribution in [0.2, 0.25) is 0 Å². The summed E-state index contributed by atoms with van der Waals surface area (Å²) in [6, 6.07) is 7.77. The Morgan fingerprint density at radius 3 is 2.54 bits per heavy atom. The number of rotatable bonds is 3. The second-order valence-electron chi connectivity index (χ2n) is 6.45. The zero-order valence-electron chi connectivity index (χ0n) is 14.7. The number of carbonyl (C=O) groups is 1. The van der Waals surface area contributed by atoms with Crippen LogP contribution < -0.4 is 10.6 Å². The molecule has 1 aromatic heterocycles. The lowest BCUT2D eigenvalue weighted by Crippen LogP contribution is -2.38. The summed E-state index contributed by atoms with van der Waals surface area (Å²) in [7, 11) is 0. The fourth-order valence-electron chi connectivity index (χ4n) is 3.36. The van der Waals surface area contributed by atoms with E-state index in [1.54, 1.807) is 18.2 Å². The smallest absolute Gasteiger partial charge is 0.252 e. The Morgan fingerprint density at radius 2 is 1.82 bits per heavy atom. The van der Waals surface area contributed by atoms with Gasteiger partial charge in [-0.15, -0.1) is 0 Å². The van der Waals surface area contributed by atoms with Gasteiger partial charge in [-0.25, -0.2) is 18.2 Å². The number of para-hydroxylation sites is 1. The van der Waals surface area contributed by atoms with Gasteiger partial charge in [0.25, 0.3) is 5.91 Å². The largest absolute Gasteiger partial charge is 0.378 e. The molecule has 28 heavy (non-hydrogen) atoms. The topological polar surface area (TPSA) is 68.5 Å². The van der Waals surface area contributed by atoms with Crippen molar-refractivity contribution in [2.45, 2.75) is 0 Å². The molecule has 144 valence electrons. The lowest BCUT2D eigenvalue weighted by atomic mass is 9.99. The normalized spacial score (nSPS) is 14.5. The maximum Gasteiger partial charge on any atom is 0.252 e. The predicted molar refractivity (Wildman–Crippen MR) is 98.6 cm³/mol. The first kappa shape index (κ1) is 18.2. The summed E-state index contributed by atoms with van der Waals surface area (Å²) in [5.41, 5.74) is 6.05. The highest BCUT2D eigenvalue weighted by Crippen LogP contribution is 2.34. The van der Waals surface area contributed by atoms with Gasteiger partial charge in [0.05, 0.1) is 24.3 Å². The Bertz CT molecular complexity index is 1080. The van der Waals surface area contributed by atoms with Crippen LogP contribution in [-0.4, -0.2) is 37.2 Å². The molecule has 0 atom stereocenters. The number of ether oxygens (including phenoxy) is 1. The lowest BCUT2D eigenvalue weighted by Gasteiger charge is -2.29. The van der Waals surface area contributed by atoms with Crippen molar-refractivity contribution in [3.8, 4) is 11.1 Å². The number of benzene rings is 2. The molecule has 1 amide bonds. The summed E-state index contributed by atoms with van der Waals surface area (Å²) in [6.07, 6.45) is 0. The van der Waals surface area contributed by atoms with Crippen LogP contribution in [0.4, 0.5) is 19.0 Å². The van der Waals surface area contributed by atoms with Crippen LogP contribution in [0.5, 0.6) is 0 Å². The van der Waals surface area contributed by atoms with Crippen LogP contribution in [0.15, 0.2) is 36.4 Å². The van der Waals surface area contributed by atoms with E-state index in [4.69, 9.17) is 10.5 Å². The number of primary amides is 1. The van der Waals surface area contributed by atoms with Gasteiger partial charge in [0.15, 0.2) is 11.6 Å². The number of nitrogens with zero attached hydrogens (tertiary/aromatic N) is 2. The van der Waals surface area contributed by atoms with Crippen molar-refractivity contribution >= 4 is 22.6 Å². The highest BCUT2D eigenvalue weighted by Gasteiger charge is 2.22. The Labute approximate surface area is 158 Å². The fraction of sp³-hybridized carbons (Fsp3) is 0.200. The van der Waals surface area contributed by atoms with Gasteiger partial charge in [-0.05, 0) is 12.1 Å². The third kappa shape index (κ3) is 3.16. The number of hydrogen-bond acceptors (Lipinski definition) is 4. The molecule has 0 bridgehead atoms. The minimum Gasteiger partial charge on any atom is -0.378 e. The second-order valence-corrected chi connectivity index (χ2v) is 6.45. The molecule has 1 fully saturated rings. The number of morpholine rings is 1. The van der Waals surface area contributed by atoms with Crippen molar-refractivity contribution in [1.29, 1.82) is 0 Å². The maximum absolute atomic E-state index is 14.4. The van der Waals surface area contributed by atoms with Gasteiger partial charge < -0.3 is 15.4 Å². The van der Waals surface area contributed by atoms with Crippen LogP contribution in [0.25, 0.3) is 22.0 Å². The predicted octanol–water partition coefficient (Wildman–Crippen LogP) is 3.25. The molecular formula is C20H16F3N3O2. The summed E-state index contributed by atoms with van der Waals surface area (Å²) in [6.45, 7) is 1.93. The SMILES string of the molecule is NC(=O)c1cc2cccc(-c3cc(F)cc(F)c3F)c2nc1N1CCOCC1. The molecule has 0 spiro atoms. The monoisotopic (exact) mass is 387 g/mol. The summed E-state index contributed by atoms with van der Waals surface area (Å²) in [5, 5.41) is 0.507. The zero-order chi connectivity index (χ0) is 19.8. The highest BCUT2D eigenvalue weighted by molar-refractivity contribution is 6.04. The molecule has 0 saturated carbocycles. The van der Waals surface area contributed by atoms with E-state index in [0.29, 0.717) is 49.1 Å². The number of pyridine rings is 1. The Kier molecular flexibility index (Phi) is 4.64. The lowest BCUT2D eigenvalue weighted by molar-refractivity contribution is 0.0998. The molecule has 1 aliphatic heterocycles. The van der Waals surface area contributed by atoms with E-state index >= 15 is 0 Å². The quantitative estimate of drug-likeness (QED) is 0.701. The van der Waals surface area contributed by atoms with Gasteiger partial charge in [-0.2, -0.15) is 0 Å². The molecule has 8 heteroatoms. The molecule has 2 aromatic carbocycles. The summed E-state index contributed by atoms with van der Waals surface area (Å²) in [4.78, 5) is 18.4. The molecular weight excluding hydrogens is 371 g/mol. The van der Waals surface area contributed by atoms with Gasteiger partial charge in [-0.3, -0.25) is 4.79 Å². The van der Waals surface area contributed by atoms with E-state index in [1.807, 2.05) is 4.90 Å². The number of anilines is 1. The first-order valence-electron chi connectivity index (χ1n) is 8.67. The molecule has 0 radical (unpaired) electrons. The van der Waals surface area contributed by atoms with Crippen molar-refractivity contribution in [3.05, 3.63) is 59.4 Å². The average molecular weight is 387 g/mol. The second kappa shape index (κ2) is 7.12. The molecule has 2 N–H and O–H groups in total. The number of nitrogens with two attached hydrogens (primary N) is 1. The molecule has 0 aliphatic carbocycles. The Hall–Kier alpha value is -3.13. The van der Waals surface area contributed by atoms with Crippen molar-refractivity contribution < 1.29 is 22.7 Å². The first-order valence-corrected chi connectivity index (χ1v) is 8.67. The Balaban J connectivity index is 1.98. The van der Waals surface area contributed by atoms with Gasteiger partial charge in [-0.1, -0.05) is 18.2 Å². The Morgan fingerprint density at radius 1 is 1.07 bits per heavy atom. The molecule has 1 aliphatic rings. The summed E-state index contributed by atoms with van der Waals surface area (Å²) in [5.74, 6) is -3.65. The van der Waals surface area contributed by atoms with E-state index in [0.717, 1.165) is 6.07 Å². The fourth-order valence-corrected chi connectivity index (χ4v) is 3.36. The van der Waals surface area contributed by atoms with E-state index in [-0.39, 0.29) is 16.7 Å². The standard InChI is InChI=1S/C20H16F3N3O2/c21-12-9-14(17(23)16(22)10-12)13-3-1-2-11-8-15(19(24)27)20(25-18(11)13)26-4-6-28-7-5-26/h1-3,8-10H,4-7H2,(H2,24,27). The van der Waals surface area contributed by atoms with Crippen LogP contribution in [0.1, 0.15) is 10.4 Å². The number of carbonyl (C=O) groups excluding carboxylic acids is 1. The van der Waals surface area contributed by atoms with E-state index < -0.39 is 23.4 Å². The van der Waals surface area contributed by atoms with Crippen LogP contribution in [0.3, 0.4) is 0 Å². The molecule has 4 rings (SSSR count). The third-order valence-corrected chi connectivity index (χ3v) is 4.68. The third-order valence-electron chi connectivity index (χ3n) is 4.68. The molecule has 3 aromatic rings. The molecule has 2 heterocycles. The van der Waals surface area contributed by atoms with Crippen LogP contribution in [0, 0.1) is 17.5 Å². The number of halogens is 3. The van der Waals surface area contributed by atoms with Crippen molar-refractivity contribution in [1.82, 2.24) is 4.98 Å². The van der Waals surface area contributed by atoms with Gasteiger partial charge in [0, 0.05) is 35.7 Å². The van der Waals surface area contributed by atoms with Crippen molar-refractivity contribution in [3.63, 3.8) is 0 Å². The molecule has 1 saturated heterocycles. The number of hydrogen-bond donors (Lipinski definition) is 1. The number of amides is 1.